The molecule has 0 unspecified atom stereocenters. The van der Waals surface area contributed by atoms with Gasteiger partial charge < -0.3 is 16.4 Å². The van der Waals surface area contributed by atoms with E-state index in [1.807, 2.05) is 0 Å². The summed E-state index contributed by atoms with van der Waals surface area (Å²) in [4.78, 5) is 0. The van der Waals surface area contributed by atoms with Gasteiger partial charge in [0.2, 0.25) is 0 Å². The third-order valence-electron chi connectivity index (χ3n) is 0.469. The largest absolute Gasteiger partial charge is 0.629 e. The average Bonchev–Trinajstić information content (AvgIpc) is 1.65. The molecule has 0 rings (SSSR count). The highest BCUT2D eigenvalue weighted by Crippen LogP contribution is 1.58. The molecule has 4 N–H and O–H groups in total. The molecule has 0 saturated carbocycles. The van der Waals surface area contributed by atoms with Crippen LogP contribution in [0.15, 0.2) is 11.9 Å². The standard InChI is InChI=1S/C3H8N2O/c1-2-3(4)5-6/h2H,4-5H2,1H3. The van der Waals surface area contributed by atoms with Gasteiger partial charge in [0.25, 0.3) is 0 Å². The third-order valence-corrected chi connectivity index (χ3v) is 0.469. The topological polar surface area (TPSA) is 65.7 Å². The van der Waals surface area contributed by atoms with E-state index in [4.69, 9.17) is 5.73 Å². The first-order chi connectivity index (χ1) is 2.81. The summed E-state index contributed by atoms with van der Waals surface area (Å²) in [6, 6.07) is 0. The highest BCUT2D eigenvalue weighted by Gasteiger charge is 1.72. The normalized spacial score (nSPS) is 12.0. The van der Waals surface area contributed by atoms with E-state index in [9.17, 15) is 5.21 Å². The van der Waals surface area contributed by atoms with Gasteiger partial charge in [-0.2, -0.15) is 0 Å². The van der Waals surface area contributed by atoms with E-state index in [1.54, 1.807) is 13.0 Å². The Morgan fingerprint density at radius 2 is 2.50 bits per heavy atom. The van der Waals surface area contributed by atoms with E-state index >= 15 is 0 Å². The first-order valence-corrected chi connectivity index (χ1v) is 1.68. The lowest BCUT2D eigenvalue weighted by atomic mass is 10.6. The van der Waals surface area contributed by atoms with E-state index in [1.165, 1.54) is 0 Å². The second-order valence-electron chi connectivity index (χ2n) is 0.907. The fourth-order valence-corrected chi connectivity index (χ4v) is 0.0680. The maximum Gasteiger partial charge on any atom is 0.190 e. The molecule has 0 aromatic heterocycles. The van der Waals surface area contributed by atoms with E-state index in [2.05, 4.69) is 0 Å². The van der Waals surface area contributed by atoms with Gasteiger partial charge in [-0.3, -0.25) is 0 Å². The zero-order valence-corrected chi connectivity index (χ0v) is 3.64. The summed E-state index contributed by atoms with van der Waals surface area (Å²) in [7, 11) is 0. The van der Waals surface area contributed by atoms with Crippen LogP contribution < -0.4 is 11.2 Å². The molecule has 0 bridgehead atoms. The number of allylic oxidation sites excluding steroid dienone is 1. The quantitative estimate of drug-likeness (QED) is 0.398. The molecular formula is C3H8N2O. The smallest absolute Gasteiger partial charge is 0.190 e. The summed E-state index contributed by atoms with van der Waals surface area (Å²) >= 11 is 0. The molecule has 0 aromatic carbocycles. The summed E-state index contributed by atoms with van der Waals surface area (Å²) < 4.78 is 0. The highest BCUT2D eigenvalue weighted by molar-refractivity contribution is 4.77. The first-order valence-electron chi connectivity index (χ1n) is 1.68. The van der Waals surface area contributed by atoms with Gasteiger partial charge in [-0.15, -0.1) is 0 Å². The number of hydrogen-bond donors (Lipinski definition) is 2. The zero-order chi connectivity index (χ0) is 4.99. The van der Waals surface area contributed by atoms with Crippen molar-refractivity contribution in [3.63, 3.8) is 0 Å². The van der Waals surface area contributed by atoms with Crippen molar-refractivity contribution in [3.8, 4) is 0 Å². The van der Waals surface area contributed by atoms with Crippen LogP contribution in [0.2, 0.25) is 0 Å². The van der Waals surface area contributed by atoms with Gasteiger partial charge >= 0.3 is 0 Å². The summed E-state index contributed by atoms with van der Waals surface area (Å²) in [5.74, 6) is 0.287. The molecule has 0 aliphatic heterocycles. The predicted octanol–water partition coefficient (Wildman–Crippen LogP) is -1.13. The Labute approximate surface area is 36.4 Å². The second-order valence-corrected chi connectivity index (χ2v) is 0.907. The molecule has 0 atom stereocenters. The maximum absolute atomic E-state index is 9.54. The van der Waals surface area contributed by atoms with Crippen LogP contribution in [0.5, 0.6) is 0 Å². The molecule has 3 nitrogen and oxygen atoms in total. The van der Waals surface area contributed by atoms with Crippen molar-refractivity contribution in [3.05, 3.63) is 17.1 Å². The van der Waals surface area contributed by atoms with Crippen molar-refractivity contribution in [1.82, 2.24) is 0 Å². The van der Waals surface area contributed by atoms with E-state index < -0.39 is 0 Å². The van der Waals surface area contributed by atoms with Crippen molar-refractivity contribution < 1.29 is 5.48 Å². The second kappa shape index (κ2) is 2.68. The van der Waals surface area contributed by atoms with Crippen LogP contribution in [0.1, 0.15) is 6.92 Å². The number of quaternary nitrogens is 1. The van der Waals surface area contributed by atoms with Gasteiger partial charge in [-0.05, 0) is 13.0 Å². The molecule has 0 aliphatic rings. The van der Waals surface area contributed by atoms with Gasteiger partial charge in [0.1, 0.15) is 0 Å². The van der Waals surface area contributed by atoms with E-state index in [0.29, 0.717) is 5.48 Å². The summed E-state index contributed by atoms with van der Waals surface area (Å²) in [6.45, 7) is 1.71. The van der Waals surface area contributed by atoms with Gasteiger partial charge in [-0.1, -0.05) is 0 Å². The molecule has 0 aliphatic carbocycles. The Morgan fingerprint density at radius 1 is 2.00 bits per heavy atom. The van der Waals surface area contributed by atoms with Gasteiger partial charge in [0.05, 0.1) is 0 Å². The molecule has 0 radical (unpaired) electrons. The predicted molar refractivity (Wildman–Crippen MR) is 23.2 cm³/mol. The lowest BCUT2D eigenvalue weighted by Crippen LogP contribution is -2.77. The Balaban J connectivity index is 3.22. The lowest BCUT2D eigenvalue weighted by Gasteiger charge is -1.95. The highest BCUT2D eigenvalue weighted by atomic mass is 16.5. The Morgan fingerprint density at radius 3 is 2.50 bits per heavy atom. The number of rotatable bonds is 1. The Kier molecular flexibility index (Phi) is 2.44. The van der Waals surface area contributed by atoms with Crippen molar-refractivity contribution in [2.24, 2.45) is 5.73 Å². The third kappa shape index (κ3) is 1.75. The van der Waals surface area contributed by atoms with Crippen molar-refractivity contribution >= 4 is 0 Å². The fraction of sp³-hybridized carbons (Fsp3) is 0.333. The molecule has 0 fully saturated rings. The van der Waals surface area contributed by atoms with Gasteiger partial charge in [0, 0.05) is 0 Å². The van der Waals surface area contributed by atoms with Crippen LogP contribution in [0.25, 0.3) is 0 Å². The average molecular weight is 88.1 g/mol. The van der Waals surface area contributed by atoms with Crippen LogP contribution in [-0.2, 0) is 0 Å². The minimum absolute atomic E-state index is 0.287. The Bertz CT molecular complexity index is 59.8. The van der Waals surface area contributed by atoms with Crippen molar-refractivity contribution in [2.75, 3.05) is 0 Å². The molecule has 3 heteroatoms. The van der Waals surface area contributed by atoms with Gasteiger partial charge in [0.15, 0.2) is 5.82 Å². The summed E-state index contributed by atoms with van der Waals surface area (Å²) in [5.41, 5.74) is 5.58. The summed E-state index contributed by atoms with van der Waals surface area (Å²) in [5, 5.41) is 9.54. The summed E-state index contributed by atoms with van der Waals surface area (Å²) in [6.07, 6.45) is 1.55. The Hall–Kier alpha value is -0.540. The van der Waals surface area contributed by atoms with Crippen molar-refractivity contribution in [2.45, 2.75) is 6.92 Å². The molecule has 0 heterocycles. The van der Waals surface area contributed by atoms with Gasteiger partial charge in [-0.25, -0.2) is 0 Å². The van der Waals surface area contributed by atoms with Crippen LogP contribution in [-0.4, -0.2) is 0 Å². The van der Waals surface area contributed by atoms with E-state index in [-0.39, 0.29) is 5.82 Å². The molecule has 36 valence electrons. The van der Waals surface area contributed by atoms with Crippen LogP contribution in [0, 0.1) is 5.21 Å². The molecule has 0 spiro atoms. The fourth-order valence-electron chi connectivity index (χ4n) is 0.0680. The molecule has 0 aromatic rings. The van der Waals surface area contributed by atoms with Crippen LogP contribution in [0.4, 0.5) is 0 Å². The zero-order valence-electron chi connectivity index (χ0n) is 3.64. The lowest BCUT2D eigenvalue weighted by molar-refractivity contribution is -0.537. The van der Waals surface area contributed by atoms with Crippen molar-refractivity contribution in [1.29, 1.82) is 0 Å². The number of hydrogen-bond acceptors (Lipinski definition) is 2. The van der Waals surface area contributed by atoms with E-state index in [0.717, 1.165) is 0 Å². The molecule has 0 saturated heterocycles. The SMILES string of the molecule is CC=C(N)[NH2+][O-]. The number of hydroxylamine groups is 1. The van der Waals surface area contributed by atoms with Crippen LogP contribution in [0.3, 0.4) is 0 Å². The maximum atomic E-state index is 9.54. The minimum atomic E-state index is 0.287. The molecular weight excluding hydrogens is 80.0 g/mol. The van der Waals surface area contributed by atoms with Crippen LogP contribution >= 0.6 is 0 Å². The molecule has 0 amide bonds. The number of nitrogens with two attached hydrogens (primary N) is 2. The first kappa shape index (κ1) is 5.46. The molecule has 6 heavy (non-hydrogen) atoms. The minimum Gasteiger partial charge on any atom is -0.629 e. The monoisotopic (exact) mass is 88.1 g/mol.